The molecule has 0 radical (unpaired) electrons. The number of hydrogen-bond acceptors (Lipinski definition) is 4. The molecule has 0 fully saturated rings. The van der Waals surface area contributed by atoms with Crippen LogP contribution in [0.3, 0.4) is 0 Å². The molecule has 0 bridgehead atoms. The predicted molar refractivity (Wildman–Crippen MR) is 130 cm³/mol. The number of aliphatic imine (C=N–C) groups is 1. The lowest BCUT2D eigenvalue weighted by molar-refractivity contribution is 0.406. The predicted octanol–water partition coefficient (Wildman–Crippen LogP) is 3.67. The number of phenolic OH excluding ortho intramolecular Hbond substituents is 1. The number of hydrogen-bond donors (Lipinski definition) is 3. The molecule has 30 heavy (non-hydrogen) atoms. The Morgan fingerprint density at radius 3 is 2.73 bits per heavy atom. The summed E-state index contributed by atoms with van der Waals surface area (Å²) < 4.78 is 6.96. The van der Waals surface area contributed by atoms with Gasteiger partial charge in [0.05, 0.1) is 18.8 Å². The zero-order valence-corrected chi connectivity index (χ0v) is 19.7. The number of nitrogens with zero attached hydrogens (tertiary/aromatic N) is 3. The van der Waals surface area contributed by atoms with Crippen LogP contribution in [0, 0.1) is 0 Å². The molecule has 0 aliphatic rings. The first-order chi connectivity index (χ1) is 14.1. The van der Waals surface area contributed by atoms with E-state index in [1.165, 1.54) is 0 Å². The minimum Gasteiger partial charge on any atom is -0.508 e. The highest BCUT2D eigenvalue weighted by atomic mass is 127. The monoisotopic (exact) mass is 521 g/mol. The summed E-state index contributed by atoms with van der Waals surface area (Å²) in [5.41, 5.74) is 3.00. The molecule has 0 aliphatic heterocycles. The molecule has 1 unspecified atom stereocenters. The number of rotatable bonds is 7. The van der Waals surface area contributed by atoms with Gasteiger partial charge in [-0.25, -0.2) is 4.68 Å². The van der Waals surface area contributed by atoms with Crippen molar-refractivity contribution in [2.24, 2.45) is 4.99 Å². The van der Waals surface area contributed by atoms with E-state index in [1.54, 1.807) is 26.4 Å². The first-order valence-corrected chi connectivity index (χ1v) is 9.53. The van der Waals surface area contributed by atoms with E-state index in [2.05, 4.69) is 39.8 Å². The van der Waals surface area contributed by atoms with Crippen LogP contribution in [0.25, 0.3) is 5.69 Å². The van der Waals surface area contributed by atoms with Crippen molar-refractivity contribution in [1.82, 2.24) is 20.4 Å². The molecule has 7 nitrogen and oxygen atoms in total. The van der Waals surface area contributed by atoms with E-state index in [0.29, 0.717) is 24.7 Å². The summed E-state index contributed by atoms with van der Waals surface area (Å²) >= 11 is 0. The third kappa shape index (κ3) is 6.12. The van der Waals surface area contributed by atoms with Crippen LogP contribution in [0.2, 0.25) is 0 Å². The van der Waals surface area contributed by atoms with Crippen molar-refractivity contribution in [1.29, 1.82) is 0 Å². The number of ether oxygens (including phenoxy) is 1. The van der Waals surface area contributed by atoms with Gasteiger partial charge in [0.1, 0.15) is 11.5 Å². The number of guanidine groups is 1. The van der Waals surface area contributed by atoms with E-state index in [1.807, 2.05) is 41.2 Å². The Morgan fingerprint density at radius 2 is 2.07 bits per heavy atom. The smallest absolute Gasteiger partial charge is 0.191 e. The summed E-state index contributed by atoms with van der Waals surface area (Å²) in [6.07, 6.45) is 4.35. The number of benzene rings is 2. The first-order valence-electron chi connectivity index (χ1n) is 9.53. The Bertz CT molecular complexity index is 960. The second kappa shape index (κ2) is 11.4. The highest BCUT2D eigenvalue weighted by Crippen LogP contribution is 2.23. The lowest BCUT2D eigenvalue weighted by Gasteiger charge is -2.19. The third-order valence-corrected chi connectivity index (χ3v) is 4.70. The van der Waals surface area contributed by atoms with Gasteiger partial charge in [-0.2, -0.15) is 5.10 Å². The van der Waals surface area contributed by atoms with Crippen LogP contribution in [-0.2, 0) is 6.42 Å². The molecule has 8 heteroatoms. The van der Waals surface area contributed by atoms with Crippen molar-refractivity contribution in [2.75, 3.05) is 20.7 Å². The minimum atomic E-state index is 0. The van der Waals surface area contributed by atoms with Gasteiger partial charge in [-0.1, -0.05) is 18.2 Å². The maximum Gasteiger partial charge on any atom is 0.191 e. The van der Waals surface area contributed by atoms with Gasteiger partial charge >= 0.3 is 0 Å². The second-order valence-electron chi connectivity index (χ2n) is 6.66. The van der Waals surface area contributed by atoms with Gasteiger partial charge in [-0.15, -0.1) is 24.0 Å². The second-order valence-corrected chi connectivity index (χ2v) is 6.66. The fourth-order valence-electron chi connectivity index (χ4n) is 3.04. The summed E-state index contributed by atoms with van der Waals surface area (Å²) in [6, 6.07) is 15.5. The molecular weight excluding hydrogens is 493 g/mol. The van der Waals surface area contributed by atoms with E-state index in [0.717, 1.165) is 16.8 Å². The summed E-state index contributed by atoms with van der Waals surface area (Å²) in [5.74, 6) is 1.58. The van der Waals surface area contributed by atoms with Gasteiger partial charge in [0, 0.05) is 32.1 Å². The molecule has 0 saturated carbocycles. The van der Waals surface area contributed by atoms with Crippen LogP contribution in [0.15, 0.2) is 65.9 Å². The average Bonchev–Trinajstić information content (AvgIpc) is 3.29. The Hall–Kier alpha value is -2.75. The molecule has 0 spiro atoms. The first kappa shape index (κ1) is 23.5. The van der Waals surface area contributed by atoms with Crippen molar-refractivity contribution in [3.63, 3.8) is 0 Å². The lowest BCUT2D eigenvalue weighted by Crippen LogP contribution is -2.39. The van der Waals surface area contributed by atoms with Crippen LogP contribution in [0.1, 0.15) is 24.1 Å². The standard InChI is InChI=1S/C22H27N5O2.HI/c1-16(18-6-4-7-19(14-18)27-13-5-11-25-27)26-22(23-2)24-12-10-17-8-9-20(29-3)15-21(17)28;/h4-9,11,13-16,28H,10,12H2,1-3H3,(H2,23,24,26);1H. The zero-order valence-electron chi connectivity index (χ0n) is 17.4. The normalized spacial score (nSPS) is 12.0. The van der Waals surface area contributed by atoms with Gasteiger partial charge in [-0.05, 0) is 48.7 Å². The van der Waals surface area contributed by atoms with E-state index in [9.17, 15) is 5.11 Å². The van der Waals surface area contributed by atoms with Gasteiger partial charge in [-0.3, -0.25) is 4.99 Å². The summed E-state index contributed by atoms with van der Waals surface area (Å²) in [4.78, 5) is 4.30. The van der Waals surface area contributed by atoms with Crippen LogP contribution < -0.4 is 15.4 Å². The van der Waals surface area contributed by atoms with E-state index in [4.69, 9.17) is 4.74 Å². The molecule has 3 aromatic rings. The third-order valence-electron chi connectivity index (χ3n) is 4.70. The average molecular weight is 521 g/mol. The van der Waals surface area contributed by atoms with Gasteiger partial charge in [0.2, 0.25) is 0 Å². The van der Waals surface area contributed by atoms with E-state index >= 15 is 0 Å². The van der Waals surface area contributed by atoms with Gasteiger partial charge < -0.3 is 20.5 Å². The van der Waals surface area contributed by atoms with E-state index < -0.39 is 0 Å². The van der Waals surface area contributed by atoms with Crippen LogP contribution in [0.5, 0.6) is 11.5 Å². The van der Waals surface area contributed by atoms with Crippen molar-refractivity contribution >= 4 is 29.9 Å². The van der Waals surface area contributed by atoms with Crippen molar-refractivity contribution in [3.8, 4) is 17.2 Å². The lowest BCUT2D eigenvalue weighted by atomic mass is 10.1. The summed E-state index contributed by atoms with van der Waals surface area (Å²) in [7, 11) is 3.32. The SMILES string of the molecule is CN=C(NCCc1ccc(OC)cc1O)NC(C)c1cccc(-n2cccn2)c1.I. The molecule has 0 aliphatic carbocycles. The van der Waals surface area contributed by atoms with Crippen LogP contribution >= 0.6 is 24.0 Å². The molecule has 1 aromatic heterocycles. The largest absolute Gasteiger partial charge is 0.508 e. The fourth-order valence-corrected chi connectivity index (χ4v) is 3.04. The van der Waals surface area contributed by atoms with Gasteiger partial charge in [0.25, 0.3) is 0 Å². The number of phenols is 1. The number of aromatic hydroxyl groups is 1. The number of methoxy groups -OCH3 is 1. The zero-order chi connectivity index (χ0) is 20.6. The highest BCUT2D eigenvalue weighted by Gasteiger charge is 2.10. The molecule has 1 heterocycles. The molecule has 160 valence electrons. The molecular formula is C22H28IN5O2. The van der Waals surface area contributed by atoms with Crippen molar-refractivity contribution in [3.05, 3.63) is 72.1 Å². The summed E-state index contributed by atoms with van der Waals surface area (Å²) in [6.45, 7) is 2.73. The Morgan fingerprint density at radius 1 is 1.23 bits per heavy atom. The van der Waals surface area contributed by atoms with Gasteiger partial charge in [0.15, 0.2) is 5.96 Å². The summed E-state index contributed by atoms with van der Waals surface area (Å²) in [5, 5.41) is 21.1. The fraction of sp³-hybridized carbons (Fsp3) is 0.273. The minimum absolute atomic E-state index is 0. The topological polar surface area (TPSA) is 83.7 Å². The Kier molecular flexibility index (Phi) is 8.97. The highest BCUT2D eigenvalue weighted by molar-refractivity contribution is 14.0. The Balaban J connectivity index is 0.00000320. The molecule has 3 rings (SSSR count). The maximum absolute atomic E-state index is 10.1. The van der Waals surface area contributed by atoms with Crippen LogP contribution in [-0.4, -0.2) is 41.5 Å². The molecule has 3 N–H and O–H groups in total. The number of halogens is 1. The van der Waals surface area contributed by atoms with Crippen LogP contribution in [0.4, 0.5) is 0 Å². The Labute approximate surface area is 194 Å². The molecule has 2 aromatic carbocycles. The number of aromatic nitrogens is 2. The number of nitrogens with one attached hydrogen (secondary N) is 2. The quantitative estimate of drug-likeness (QED) is 0.251. The maximum atomic E-state index is 10.1. The molecule has 0 saturated heterocycles. The molecule has 1 atom stereocenters. The van der Waals surface area contributed by atoms with Crippen molar-refractivity contribution in [2.45, 2.75) is 19.4 Å². The van der Waals surface area contributed by atoms with Crippen molar-refractivity contribution < 1.29 is 9.84 Å². The molecule has 0 amide bonds. The van der Waals surface area contributed by atoms with E-state index in [-0.39, 0.29) is 35.8 Å².